The van der Waals surface area contributed by atoms with Crippen LogP contribution in [0.3, 0.4) is 0 Å². The van der Waals surface area contributed by atoms with Crippen LogP contribution in [0.1, 0.15) is 5.69 Å². The highest BCUT2D eigenvalue weighted by atomic mass is 79.9. The summed E-state index contributed by atoms with van der Waals surface area (Å²) in [7, 11) is 0. The van der Waals surface area contributed by atoms with Crippen LogP contribution in [-0.2, 0) is 0 Å². The minimum atomic E-state index is 0.459. The van der Waals surface area contributed by atoms with Crippen LogP contribution >= 0.6 is 27.5 Å². The molecule has 7 heteroatoms. The molecule has 0 fully saturated rings. The van der Waals surface area contributed by atoms with Crippen LogP contribution in [-0.4, -0.2) is 19.8 Å². The van der Waals surface area contributed by atoms with Crippen molar-refractivity contribution in [3.63, 3.8) is 0 Å². The predicted octanol–water partition coefficient (Wildman–Crippen LogP) is 3.33. The average molecular weight is 323 g/mol. The molecule has 3 aromatic rings. The molecule has 0 aliphatic rings. The van der Waals surface area contributed by atoms with Gasteiger partial charge < -0.3 is 4.42 Å². The van der Waals surface area contributed by atoms with Gasteiger partial charge in [0.25, 0.3) is 5.89 Å². The fourth-order valence-corrected chi connectivity index (χ4v) is 2.29. The molecule has 0 N–H and O–H groups in total. The van der Waals surface area contributed by atoms with Gasteiger partial charge in [0.2, 0.25) is 5.89 Å². The third-order valence-electron chi connectivity index (χ3n) is 2.36. The van der Waals surface area contributed by atoms with E-state index in [0.29, 0.717) is 11.8 Å². The quantitative estimate of drug-likeness (QED) is 0.724. The van der Waals surface area contributed by atoms with E-state index in [1.807, 2.05) is 31.2 Å². The number of nitrogens with zero attached hydrogens (tertiary/aromatic N) is 4. The fourth-order valence-electron chi connectivity index (χ4n) is 1.45. The second kappa shape index (κ2) is 4.58. The van der Waals surface area contributed by atoms with Crippen LogP contribution < -0.4 is 0 Å². The molecule has 2 aromatic heterocycles. The molecule has 0 aliphatic carbocycles. The zero-order valence-corrected chi connectivity index (χ0v) is 11.7. The van der Waals surface area contributed by atoms with Gasteiger partial charge in [0.1, 0.15) is 4.88 Å². The van der Waals surface area contributed by atoms with Crippen molar-refractivity contribution in [2.75, 3.05) is 0 Å². The fraction of sp³-hybridized carbons (Fsp3) is 0.0909. The molecular formula is C11H7BrN4OS. The number of hydrogen-bond donors (Lipinski definition) is 0. The van der Waals surface area contributed by atoms with Crippen LogP contribution in [0.15, 0.2) is 33.2 Å². The Bertz CT molecular complexity index is 676. The van der Waals surface area contributed by atoms with E-state index in [-0.39, 0.29) is 0 Å². The Labute approximate surface area is 115 Å². The van der Waals surface area contributed by atoms with Crippen molar-refractivity contribution in [3.05, 3.63) is 34.4 Å². The summed E-state index contributed by atoms with van der Waals surface area (Å²) < 4.78 is 10.5. The molecule has 90 valence electrons. The summed E-state index contributed by atoms with van der Waals surface area (Å²) in [6.45, 7) is 1.86. The van der Waals surface area contributed by atoms with Crippen molar-refractivity contribution in [1.29, 1.82) is 0 Å². The summed E-state index contributed by atoms with van der Waals surface area (Å²) in [6, 6.07) is 7.69. The van der Waals surface area contributed by atoms with Crippen LogP contribution in [0, 0.1) is 6.92 Å². The maximum atomic E-state index is 5.63. The lowest BCUT2D eigenvalue weighted by Crippen LogP contribution is -1.77. The third-order valence-corrected chi connectivity index (χ3v) is 3.71. The summed E-state index contributed by atoms with van der Waals surface area (Å²) in [5, 5.41) is 12.0. The monoisotopic (exact) mass is 322 g/mol. The van der Waals surface area contributed by atoms with Crippen molar-refractivity contribution >= 4 is 27.5 Å². The van der Waals surface area contributed by atoms with Gasteiger partial charge in [-0.05, 0) is 42.7 Å². The minimum Gasteiger partial charge on any atom is -0.415 e. The molecule has 0 saturated heterocycles. The highest BCUT2D eigenvalue weighted by Crippen LogP contribution is 2.28. The Hall–Kier alpha value is -1.60. The topological polar surface area (TPSA) is 64.7 Å². The van der Waals surface area contributed by atoms with Crippen molar-refractivity contribution < 1.29 is 4.42 Å². The van der Waals surface area contributed by atoms with Gasteiger partial charge in [-0.3, -0.25) is 0 Å². The van der Waals surface area contributed by atoms with E-state index in [9.17, 15) is 0 Å². The molecule has 0 saturated carbocycles. The number of rotatable bonds is 2. The maximum Gasteiger partial charge on any atom is 0.261 e. The molecule has 0 bridgehead atoms. The van der Waals surface area contributed by atoms with E-state index < -0.39 is 0 Å². The molecule has 1 aromatic carbocycles. The molecule has 0 amide bonds. The molecule has 0 spiro atoms. The number of aryl methyl sites for hydroxylation is 1. The summed E-state index contributed by atoms with van der Waals surface area (Å²) in [5.41, 5.74) is 1.68. The van der Waals surface area contributed by atoms with E-state index in [0.717, 1.165) is 20.6 Å². The Balaban J connectivity index is 1.99. The van der Waals surface area contributed by atoms with Gasteiger partial charge in [0, 0.05) is 10.0 Å². The van der Waals surface area contributed by atoms with Crippen LogP contribution in [0.2, 0.25) is 0 Å². The van der Waals surface area contributed by atoms with Gasteiger partial charge in [-0.15, -0.1) is 15.3 Å². The number of halogens is 1. The van der Waals surface area contributed by atoms with Gasteiger partial charge in [-0.25, -0.2) is 0 Å². The zero-order chi connectivity index (χ0) is 12.5. The Morgan fingerprint density at radius 1 is 1.06 bits per heavy atom. The minimum absolute atomic E-state index is 0.459. The summed E-state index contributed by atoms with van der Waals surface area (Å²) in [5.74, 6) is 0.950. The normalized spacial score (nSPS) is 10.8. The molecule has 3 rings (SSSR count). The van der Waals surface area contributed by atoms with Gasteiger partial charge in [0.15, 0.2) is 0 Å². The largest absolute Gasteiger partial charge is 0.415 e. The second-order valence-electron chi connectivity index (χ2n) is 3.61. The second-order valence-corrected chi connectivity index (χ2v) is 5.28. The Kier molecular flexibility index (Phi) is 2.92. The van der Waals surface area contributed by atoms with Gasteiger partial charge in [-0.2, -0.15) is 0 Å². The van der Waals surface area contributed by atoms with Crippen LogP contribution in [0.4, 0.5) is 0 Å². The Morgan fingerprint density at radius 3 is 2.44 bits per heavy atom. The van der Waals surface area contributed by atoms with E-state index in [1.54, 1.807) is 0 Å². The van der Waals surface area contributed by atoms with E-state index in [4.69, 9.17) is 4.42 Å². The average Bonchev–Trinajstić information content (AvgIpc) is 2.98. The third kappa shape index (κ3) is 2.06. The molecule has 2 heterocycles. The molecule has 0 radical (unpaired) electrons. The highest BCUT2D eigenvalue weighted by Gasteiger charge is 2.15. The lowest BCUT2D eigenvalue weighted by Gasteiger charge is -1.94. The molecule has 18 heavy (non-hydrogen) atoms. The SMILES string of the molecule is Cc1nnsc1-c1nnc(-c2ccc(Br)cc2)o1. The predicted molar refractivity (Wildman–Crippen MR) is 71.1 cm³/mol. The van der Waals surface area contributed by atoms with E-state index in [2.05, 4.69) is 35.7 Å². The first-order chi connectivity index (χ1) is 8.74. The van der Waals surface area contributed by atoms with Gasteiger partial charge in [-0.1, -0.05) is 20.4 Å². The van der Waals surface area contributed by atoms with Crippen LogP contribution in [0.25, 0.3) is 22.2 Å². The molecule has 0 atom stereocenters. The first kappa shape index (κ1) is 11.5. The lowest BCUT2D eigenvalue weighted by molar-refractivity contribution is 0.585. The van der Waals surface area contributed by atoms with E-state index >= 15 is 0 Å². The standard InChI is InChI=1S/C11H7BrN4OS/c1-6-9(18-16-13-6)11-15-14-10(17-11)7-2-4-8(12)5-3-7/h2-5H,1H3. The first-order valence-electron chi connectivity index (χ1n) is 5.13. The van der Waals surface area contributed by atoms with Gasteiger partial charge >= 0.3 is 0 Å². The maximum absolute atomic E-state index is 5.63. The summed E-state index contributed by atoms with van der Waals surface area (Å²) >= 11 is 4.63. The molecule has 0 unspecified atom stereocenters. The smallest absolute Gasteiger partial charge is 0.261 e. The van der Waals surface area contributed by atoms with Crippen molar-refractivity contribution in [3.8, 4) is 22.2 Å². The lowest BCUT2D eigenvalue weighted by atomic mass is 10.2. The number of hydrogen-bond acceptors (Lipinski definition) is 6. The zero-order valence-electron chi connectivity index (χ0n) is 9.29. The molecular weight excluding hydrogens is 316 g/mol. The van der Waals surface area contributed by atoms with Crippen molar-refractivity contribution in [1.82, 2.24) is 19.8 Å². The van der Waals surface area contributed by atoms with Gasteiger partial charge in [0.05, 0.1) is 5.69 Å². The summed E-state index contributed by atoms with van der Waals surface area (Å²) in [4.78, 5) is 0.811. The summed E-state index contributed by atoms with van der Waals surface area (Å²) in [6.07, 6.45) is 0. The van der Waals surface area contributed by atoms with Crippen molar-refractivity contribution in [2.45, 2.75) is 6.92 Å². The first-order valence-corrected chi connectivity index (χ1v) is 6.69. The Morgan fingerprint density at radius 2 is 1.78 bits per heavy atom. The molecule has 5 nitrogen and oxygen atoms in total. The van der Waals surface area contributed by atoms with E-state index in [1.165, 1.54) is 11.5 Å². The van der Waals surface area contributed by atoms with Crippen molar-refractivity contribution in [2.24, 2.45) is 0 Å². The van der Waals surface area contributed by atoms with Crippen LogP contribution in [0.5, 0.6) is 0 Å². The molecule has 0 aliphatic heterocycles. The number of benzene rings is 1. The number of aromatic nitrogens is 4. The highest BCUT2D eigenvalue weighted by molar-refractivity contribution is 9.10.